The van der Waals surface area contributed by atoms with Crippen LogP contribution in [0.5, 0.6) is 0 Å². The molecule has 188 valence electrons. The fourth-order valence-corrected chi connectivity index (χ4v) is 7.14. The van der Waals surface area contributed by atoms with Gasteiger partial charge in [-0.15, -0.1) is 11.3 Å². The molecule has 0 saturated carbocycles. The lowest BCUT2D eigenvalue weighted by molar-refractivity contribution is 0.311. The zero-order valence-electron chi connectivity index (χ0n) is 20.1. The van der Waals surface area contributed by atoms with Gasteiger partial charge in [0.1, 0.15) is 22.2 Å². The molecule has 2 aliphatic rings. The molecular formula is C24H32N6O3S2. The van der Waals surface area contributed by atoms with Crippen LogP contribution in [0.1, 0.15) is 51.3 Å². The van der Waals surface area contributed by atoms with Gasteiger partial charge in [-0.3, -0.25) is 4.79 Å². The van der Waals surface area contributed by atoms with E-state index in [9.17, 15) is 13.2 Å². The number of hydrogen-bond donors (Lipinski definition) is 3. The van der Waals surface area contributed by atoms with Crippen molar-refractivity contribution >= 4 is 37.4 Å². The number of thiazole rings is 1. The van der Waals surface area contributed by atoms with Gasteiger partial charge in [0.2, 0.25) is 10.0 Å². The van der Waals surface area contributed by atoms with Gasteiger partial charge in [0.15, 0.2) is 0 Å². The molecule has 0 aliphatic carbocycles. The minimum absolute atomic E-state index is 0.00393. The normalized spacial score (nSPS) is 20.5. The van der Waals surface area contributed by atoms with E-state index in [4.69, 9.17) is 9.97 Å². The average molecular weight is 517 g/mol. The molecule has 5 rings (SSSR count). The Morgan fingerprint density at radius 3 is 2.60 bits per heavy atom. The maximum Gasteiger partial charge on any atom is 0.263 e. The van der Waals surface area contributed by atoms with Crippen LogP contribution in [0.2, 0.25) is 0 Å². The lowest BCUT2D eigenvalue weighted by Gasteiger charge is -2.32. The molecule has 1 aromatic carbocycles. The number of hydrogen-bond acceptors (Lipinski definition) is 8. The van der Waals surface area contributed by atoms with E-state index < -0.39 is 15.3 Å². The minimum Gasteiger partial charge on any atom is -0.365 e. The van der Waals surface area contributed by atoms with Crippen LogP contribution in [0.25, 0.3) is 20.8 Å². The monoisotopic (exact) mass is 516 g/mol. The highest BCUT2D eigenvalue weighted by molar-refractivity contribution is 7.89. The third-order valence-corrected chi connectivity index (χ3v) is 10.2. The number of sulfonamides is 1. The van der Waals surface area contributed by atoms with Crippen molar-refractivity contribution in [1.29, 1.82) is 0 Å². The standard InChI is InChI=1S/C24H32N6O3S2/c1-15(2)35(32,33)30-12-9-16(10-13-30)21-28-22(26-17-6-5-11-25-14-17)20(23(31)29-21)24-27-18-7-3-4-8-19(18)34-24/h3-4,7-8,15-17,25H,5-6,9-14H2,1-2H3,(H2,26,28,29,31)/t17-/m1/s1. The molecule has 2 aliphatic heterocycles. The van der Waals surface area contributed by atoms with Gasteiger partial charge < -0.3 is 15.6 Å². The van der Waals surface area contributed by atoms with Crippen molar-refractivity contribution in [2.45, 2.75) is 56.7 Å². The highest BCUT2D eigenvalue weighted by Gasteiger charge is 2.32. The molecular weight excluding hydrogens is 484 g/mol. The molecule has 0 radical (unpaired) electrons. The molecule has 0 bridgehead atoms. The summed E-state index contributed by atoms with van der Waals surface area (Å²) in [5.41, 5.74) is 1.12. The Morgan fingerprint density at radius 2 is 1.91 bits per heavy atom. The first-order valence-corrected chi connectivity index (χ1v) is 14.6. The Labute approximate surface area is 209 Å². The number of rotatable bonds is 6. The van der Waals surface area contributed by atoms with Gasteiger partial charge in [-0.2, -0.15) is 0 Å². The summed E-state index contributed by atoms with van der Waals surface area (Å²) in [5, 5.41) is 7.14. The zero-order chi connectivity index (χ0) is 24.6. The molecule has 4 heterocycles. The molecule has 0 spiro atoms. The van der Waals surface area contributed by atoms with Gasteiger partial charge in [0.25, 0.3) is 5.56 Å². The first kappa shape index (κ1) is 24.4. The van der Waals surface area contributed by atoms with Crippen LogP contribution in [-0.2, 0) is 10.0 Å². The number of H-pyrrole nitrogens is 1. The SMILES string of the molecule is CC(C)S(=O)(=O)N1CCC(c2nc(N[C@@H]3CCCNC3)c(-c3nc4ccccc4s3)c(=O)[nH]2)CC1. The summed E-state index contributed by atoms with van der Waals surface area (Å²) in [6, 6.07) is 8.04. The van der Waals surface area contributed by atoms with Gasteiger partial charge in [0, 0.05) is 31.6 Å². The maximum absolute atomic E-state index is 13.4. The van der Waals surface area contributed by atoms with E-state index in [-0.39, 0.29) is 17.5 Å². The highest BCUT2D eigenvalue weighted by Crippen LogP contribution is 2.34. The molecule has 3 aromatic rings. The number of benzene rings is 1. The molecule has 11 heteroatoms. The van der Waals surface area contributed by atoms with Gasteiger partial charge in [-0.25, -0.2) is 22.7 Å². The van der Waals surface area contributed by atoms with Gasteiger partial charge >= 0.3 is 0 Å². The van der Waals surface area contributed by atoms with Crippen LogP contribution in [-0.4, -0.2) is 65.1 Å². The van der Waals surface area contributed by atoms with Crippen molar-refractivity contribution < 1.29 is 8.42 Å². The van der Waals surface area contributed by atoms with Crippen molar-refractivity contribution in [3.05, 3.63) is 40.4 Å². The molecule has 9 nitrogen and oxygen atoms in total. The summed E-state index contributed by atoms with van der Waals surface area (Å²) < 4.78 is 27.7. The van der Waals surface area contributed by atoms with Crippen molar-refractivity contribution in [2.75, 3.05) is 31.5 Å². The van der Waals surface area contributed by atoms with E-state index in [0.29, 0.717) is 48.1 Å². The maximum atomic E-state index is 13.4. The van der Waals surface area contributed by atoms with Gasteiger partial charge in [-0.05, 0) is 58.2 Å². The Bertz CT molecular complexity index is 1320. The second kappa shape index (κ2) is 9.96. The highest BCUT2D eigenvalue weighted by atomic mass is 32.2. The smallest absolute Gasteiger partial charge is 0.263 e. The average Bonchev–Trinajstić information content (AvgIpc) is 3.28. The second-order valence-corrected chi connectivity index (χ2v) is 13.1. The number of anilines is 1. The van der Waals surface area contributed by atoms with E-state index in [1.165, 1.54) is 11.3 Å². The number of nitrogens with zero attached hydrogens (tertiary/aromatic N) is 3. The van der Waals surface area contributed by atoms with Crippen LogP contribution >= 0.6 is 11.3 Å². The lowest BCUT2D eigenvalue weighted by atomic mass is 9.97. The summed E-state index contributed by atoms with van der Waals surface area (Å²) in [6.07, 6.45) is 3.31. The topological polar surface area (TPSA) is 120 Å². The van der Waals surface area contributed by atoms with Gasteiger partial charge in [0.05, 0.1) is 15.5 Å². The van der Waals surface area contributed by atoms with Crippen LogP contribution in [0, 0.1) is 0 Å². The molecule has 3 N–H and O–H groups in total. The number of fused-ring (bicyclic) bond motifs is 1. The van der Waals surface area contributed by atoms with Crippen molar-refractivity contribution in [3.63, 3.8) is 0 Å². The van der Waals surface area contributed by atoms with Gasteiger partial charge in [-0.1, -0.05) is 12.1 Å². The molecule has 2 aromatic heterocycles. The first-order valence-electron chi connectivity index (χ1n) is 12.3. The van der Waals surface area contributed by atoms with E-state index in [0.717, 1.165) is 36.1 Å². The molecule has 2 fully saturated rings. The van der Waals surface area contributed by atoms with Crippen molar-refractivity contribution in [1.82, 2.24) is 24.6 Å². The Balaban J connectivity index is 1.48. The lowest BCUT2D eigenvalue weighted by Crippen LogP contribution is -2.42. The summed E-state index contributed by atoms with van der Waals surface area (Å²) in [7, 11) is -3.28. The number of para-hydroxylation sites is 1. The van der Waals surface area contributed by atoms with Crippen molar-refractivity contribution in [3.8, 4) is 10.6 Å². The van der Waals surface area contributed by atoms with E-state index in [1.807, 2.05) is 24.3 Å². The summed E-state index contributed by atoms with van der Waals surface area (Å²) in [5.74, 6) is 1.18. The summed E-state index contributed by atoms with van der Waals surface area (Å²) in [6.45, 7) is 6.09. The zero-order valence-corrected chi connectivity index (χ0v) is 21.7. The molecule has 0 unspecified atom stereocenters. The van der Waals surface area contributed by atoms with Crippen molar-refractivity contribution in [2.24, 2.45) is 0 Å². The third kappa shape index (κ3) is 5.00. The largest absolute Gasteiger partial charge is 0.365 e. The minimum atomic E-state index is -3.28. The van der Waals surface area contributed by atoms with Crippen LogP contribution in [0.3, 0.4) is 0 Å². The van der Waals surface area contributed by atoms with Crippen LogP contribution in [0.15, 0.2) is 29.1 Å². The van der Waals surface area contributed by atoms with Crippen LogP contribution in [0.4, 0.5) is 5.82 Å². The fraction of sp³-hybridized carbons (Fsp3) is 0.542. The second-order valence-electron chi connectivity index (χ2n) is 9.62. The number of piperidine rings is 2. The Hall–Kier alpha value is -2.34. The van der Waals surface area contributed by atoms with E-state index in [1.54, 1.807) is 18.2 Å². The predicted octanol–water partition coefficient (Wildman–Crippen LogP) is 3.13. The first-order chi connectivity index (χ1) is 16.8. The molecule has 35 heavy (non-hydrogen) atoms. The summed E-state index contributed by atoms with van der Waals surface area (Å²) in [4.78, 5) is 26.1. The fourth-order valence-electron chi connectivity index (χ4n) is 4.82. The number of aromatic amines is 1. The molecule has 1 atom stereocenters. The third-order valence-electron chi connectivity index (χ3n) is 6.88. The summed E-state index contributed by atoms with van der Waals surface area (Å²) >= 11 is 1.49. The number of nitrogens with one attached hydrogen (secondary N) is 3. The predicted molar refractivity (Wildman–Crippen MR) is 141 cm³/mol. The molecule has 2 saturated heterocycles. The van der Waals surface area contributed by atoms with E-state index in [2.05, 4.69) is 15.6 Å². The quantitative estimate of drug-likeness (QED) is 0.460. The van der Waals surface area contributed by atoms with Crippen LogP contribution < -0.4 is 16.2 Å². The number of aromatic nitrogens is 3. The Kier molecular flexibility index (Phi) is 6.93. The molecule has 0 amide bonds. The Morgan fingerprint density at radius 1 is 1.14 bits per heavy atom. The van der Waals surface area contributed by atoms with E-state index >= 15 is 0 Å².